The second kappa shape index (κ2) is 8.54. The SMILES string of the molecule is CCN(CCC(N)c1cccc(Cl)c1)C(C)COC. The largest absolute Gasteiger partial charge is 0.383 e. The Morgan fingerprint density at radius 2 is 2.16 bits per heavy atom. The lowest BCUT2D eigenvalue weighted by Crippen LogP contribution is -2.37. The minimum Gasteiger partial charge on any atom is -0.383 e. The third-order valence-electron chi connectivity index (χ3n) is 3.44. The van der Waals surface area contributed by atoms with Gasteiger partial charge >= 0.3 is 0 Å². The third-order valence-corrected chi connectivity index (χ3v) is 3.68. The van der Waals surface area contributed by atoms with Crippen molar-refractivity contribution in [2.45, 2.75) is 32.4 Å². The first-order chi connectivity index (χ1) is 9.08. The summed E-state index contributed by atoms with van der Waals surface area (Å²) in [7, 11) is 1.74. The van der Waals surface area contributed by atoms with Gasteiger partial charge in [0.25, 0.3) is 0 Å². The predicted molar refractivity (Wildman–Crippen MR) is 81.6 cm³/mol. The molecule has 3 nitrogen and oxygen atoms in total. The summed E-state index contributed by atoms with van der Waals surface area (Å²) in [5.74, 6) is 0. The van der Waals surface area contributed by atoms with Crippen LogP contribution in [-0.2, 0) is 4.74 Å². The molecule has 0 spiro atoms. The summed E-state index contributed by atoms with van der Waals surface area (Å²) in [6.45, 7) is 7.07. The molecule has 1 aromatic rings. The molecule has 2 unspecified atom stereocenters. The highest BCUT2D eigenvalue weighted by molar-refractivity contribution is 6.30. The molecule has 108 valence electrons. The molecular weight excluding hydrogens is 260 g/mol. The van der Waals surface area contributed by atoms with Gasteiger partial charge in [-0.1, -0.05) is 30.7 Å². The predicted octanol–water partition coefficient (Wildman–Crippen LogP) is 3.09. The van der Waals surface area contributed by atoms with Crippen molar-refractivity contribution >= 4 is 11.6 Å². The summed E-state index contributed by atoms with van der Waals surface area (Å²) < 4.78 is 5.20. The van der Waals surface area contributed by atoms with Crippen molar-refractivity contribution < 1.29 is 4.74 Å². The normalized spacial score (nSPS) is 14.6. The van der Waals surface area contributed by atoms with E-state index >= 15 is 0 Å². The zero-order chi connectivity index (χ0) is 14.3. The average Bonchev–Trinajstić information content (AvgIpc) is 2.39. The van der Waals surface area contributed by atoms with Gasteiger partial charge in [0.1, 0.15) is 0 Å². The van der Waals surface area contributed by atoms with Gasteiger partial charge < -0.3 is 10.5 Å². The molecule has 0 fully saturated rings. The number of hydrogen-bond donors (Lipinski definition) is 1. The second-order valence-electron chi connectivity index (χ2n) is 4.88. The first kappa shape index (κ1) is 16.4. The van der Waals surface area contributed by atoms with Gasteiger partial charge in [-0.15, -0.1) is 0 Å². The molecule has 0 aliphatic heterocycles. The van der Waals surface area contributed by atoms with Crippen molar-refractivity contribution in [2.24, 2.45) is 5.73 Å². The molecule has 1 rings (SSSR count). The van der Waals surface area contributed by atoms with Gasteiger partial charge in [-0.3, -0.25) is 4.90 Å². The number of methoxy groups -OCH3 is 1. The Morgan fingerprint density at radius 1 is 1.42 bits per heavy atom. The molecule has 0 aromatic heterocycles. The van der Waals surface area contributed by atoms with E-state index in [0.29, 0.717) is 6.04 Å². The topological polar surface area (TPSA) is 38.5 Å². The monoisotopic (exact) mass is 284 g/mol. The first-order valence-electron chi connectivity index (χ1n) is 6.82. The number of likely N-dealkylation sites (N-methyl/N-ethyl adjacent to an activating group) is 1. The maximum atomic E-state index is 6.22. The van der Waals surface area contributed by atoms with Crippen molar-refractivity contribution in [1.82, 2.24) is 4.90 Å². The summed E-state index contributed by atoms with van der Waals surface area (Å²) >= 11 is 5.99. The van der Waals surface area contributed by atoms with Crippen LogP contribution in [0.3, 0.4) is 0 Å². The molecular formula is C15H25ClN2O. The fourth-order valence-electron chi connectivity index (χ4n) is 2.25. The minimum atomic E-state index is 0.0301. The van der Waals surface area contributed by atoms with E-state index in [4.69, 9.17) is 22.1 Å². The fourth-order valence-corrected chi connectivity index (χ4v) is 2.44. The molecule has 0 aliphatic carbocycles. The van der Waals surface area contributed by atoms with Crippen LogP contribution >= 0.6 is 11.6 Å². The Morgan fingerprint density at radius 3 is 2.74 bits per heavy atom. The number of rotatable bonds is 8. The van der Waals surface area contributed by atoms with E-state index in [1.807, 2.05) is 24.3 Å². The van der Waals surface area contributed by atoms with E-state index < -0.39 is 0 Å². The smallest absolute Gasteiger partial charge is 0.0615 e. The van der Waals surface area contributed by atoms with Gasteiger partial charge in [0, 0.05) is 30.8 Å². The first-order valence-corrected chi connectivity index (χ1v) is 7.20. The lowest BCUT2D eigenvalue weighted by atomic mass is 10.0. The van der Waals surface area contributed by atoms with E-state index in [-0.39, 0.29) is 6.04 Å². The van der Waals surface area contributed by atoms with Crippen molar-refractivity contribution in [1.29, 1.82) is 0 Å². The Hall–Kier alpha value is -0.610. The molecule has 0 saturated carbocycles. The number of nitrogens with zero attached hydrogens (tertiary/aromatic N) is 1. The number of benzene rings is 1. The van der Waals surface area contributed by atoms with Crippen LogP contribution < -0.4 is 5.73 Å². The number of hydrogen-bond acceptors (Lipinski definition) is 3. The van der Waals surface area contributed by atoms with Crippen molar-refractivity contribution in [2.75, 3.05) is 26.8 Å². The molecule has 2 atom stereocenters. The fraction of sp³-hybridized carbons (Fsp3) is 0.600. The minimum absolute atomic E-state index is 0.0301. The van der Waals surface area contributed by atoms with Crippen molar-refractivity contribution in [3.63, 3.8) is 0 Å². The van der Waals surface area contributed by atoms with Crippen LogP contribution in [0.4, 0.5) is 0 Å². The van der Waals surface area contributed by atoms with Gasteiger partial charge in [0.05, 0.1) is 6.61 Å². The van der Waals surface area contributed by atoms with Crippen LogP contribution in [0.2, 0.25) is 5.02 Å². The Labute approximate surface area is 121 Å². The molecule has 0 saturated heterocycles. The Kier molecular flexibility index (Phi) is 7.39. The van der Waals surface area contributed by atoms with E-state index in [0.717, 1.165) is 36.7 Å². The van der Waals surface area contributed by atoms with Crippen LogP contribution in [0.1, 0.15) is 31.9 Å². The highest BCUT2D eigenvalue weighted by atomic mass is 35.5. The lowest BCUT2D eigenvalue weighted by Gasteiger charge is -2.28. The summed E-state index contributed by atoms with van der Waals surface area (Å²) in [4.78, 5) is 2.38. The Balaban J connectivity index is 2.50. The highest BCUT2D eigenvalue weighted by Gasteiger charge is 2.14. The van der Waals surface area contributed by atoms with Gasteiger partial charge in [-0.2, -0.15) is 0 Å². The van der Waals surface area contributed by atoms with Crippen LogP contribution in [-0.4, -0.2) is 37.7 Å². The molecule has 0 amide bonds. The van der Waals surface area contributed by atoms with Crippen molar-refractivity contribution in [3.05, 3.63) is 34.9 Å². The van der Waals surface area contributed by atoms with Crippen LogP contribution in [0.15, 0.2) is 24.3 Å². The Bertz CT molecular complexity index is 373. The summed E-state index contributed by atoms with van der Waals surface area (Å²) in [5.41, 5.74) is 7.32. The number of halogens is 1. The second-order valence-corrected chi connectivity index (χ2v) is 5.32. The van der Waals surface area contributed by atoms with E-state index in [9.17, 15) is 0 Å². The average molecular weight is 285 g/mol. The van der Waals surface area contributed by atoms with Crippen LogP contribution in [0, 0.1) is 0 Å². The molecule has 4 heteroatoms. The summed E-state index contributed by atoms with van der Waals surface area (Å²) in [6.07, 6.45) is 0.919. The van der Waals surface area contributed by atoms with Gasteiger partial charge in [0.15, 0.2) is 0 Å². The van der Waals surface area contributed by atoms with E-state index in [1.165, 1.54) is 0 Å². The van der Waals surface area contributed by atoms with Crippen LogP contribution in [0.5, 0.6) is 0 Å². The van der Waals surface area contributed by atoms with Crippen molar-refractivity contribution in [3.8, 4) is 0 Å². The molecule has 2 N–H and O–H groups in total. The molecule has 19 heavy (non-hydrogen) atoms. The highest BCUT2D eigenvalue weighted by Crippen LogP contribution is 2.19. The van der Waals surface area contributed by atoms with Crippen LogP contribution in [0.25, 0.3) is 0 Å². The summed E-state index contributed by atoms with van der Waals surface area (Å²) in [5, 5.41) is 0.744. The molecule has 1 aromatic carbocycles. The maximum absolute atomic E-state index is 6.22. The van der Waals surface area contributed by atoms with Gasteiger partial charge in [0.2, 0.25) is 0 Å². The zero-order valence-electron chi connectivity index (χ0n) is 12.1. The summed E-state index contributed by atoms with van der Waals surface area (Å²) in [6, 6.07) is 8.25. The maximum Gasteiger partial charge on any atom is 0.0615 e. The number of ether oxygens (including phenoxy) is 1. The van der Waals surface area contributed by atoms with E-state index in [2.05, 4.69) is 18.7 Å². The van der Waals surface area contributed by atoms with Gasteiger partial charge in [-0.05, 0) is 37.6 Å². The zero-order valence-corrected chi connectivity index (χ0v) is 12.9. The molecule has 0 radical (unpaired) electrons. The number of nitrogens with two attached hydrogens (primary N) is 1. The van der Waals surface area contributed by atoms with E-state index in [1.54, 1.807) is 7.11 Å². The third kappa shape index (κ3) is 5.49. The van der Waals surface area contributed by atoms with Gasteiger partial charge in [-0.25, -0.2) is 0 Å². The standard InChI is InChI=1S/C15H25ClN2O/c1-4-18(12(2)11-19-3)9-8-15(17)13-6-5-7-14(16)10-13/h5-7,10,12,15H,4,8-9,11,17H2,1-3H3. The molecule has 0 aliphatic rings. The molecule has 0 heterocycles. The lowest BCUT2D eigenvalue weighted by molar-refractivity contribution is 0.101. The molecule has 0 bridgehead atoms. The quantitative estimate of drug-likeness (QED) is 0.797.